The molecule has 0 radical (unpaired) electrons. The maximum Gasteiger partial charge on any atom is 0.429 e. The van der Waals surface area contributed by atoms with Crippen LogP contribution >= 0.6 is 0 Å². The van der Waals surface area contributed by atoms with E-state index in [0.29, 0.717) is 5.56 Å². The molecule has 1 heterocycles. The fraction of sp³-hybridized carbons (Fsp3) is 0.292. The first-order chi connectivity index (χ1) is 16.1. The first-order valence-corrected chi connectivity index (χ1v) is 10.5. The highest BCUT2D eigenvalue weighted by atomic mass is 19.4. The van der Waals surface area contributed by atoms with E-state index in [1.165, 1.54) is 18.2 Å². The third kappa shape index (κ3) is 6.44. The van der Waals surface area contributed by atoms with Gasteiger partial charge in [-0.3, -0.25) is 4.79 Å². The SMILES string of the molecule is CCOC(=O)[C@@H](N)Cc1ccc(-c2cc(O[C@H](c3ccc(C)cc3)C(F)(F)F)nc(N)n2)cc1. The van der Waals surface area contributed by atoms with Gasteiger partial charge in [-0.25, -0.2) is 4.98 Å². The van der Waals surface area contributed by atoms with Crippen molar-refractivity contribution < 1.29 is 27.4 Å². The van der Waals surface area contributed by atoms with Gasteiger partial charge in [0, 0.05) is 17.2 Å². The van der Waals surface area contributed by atoms with E-state index in [4.69, 9.17) is 20.9 Å². The van der Waals surface area contributed by atoms with Crippen LogP contribution < -0.4 is 16.2 Å². The summed E-state index contributed by atoms with van der Waals surface area (Å²) in [5.41, 5.74) is 14.0. The van der Waals surface area contributed by atoms with Gasteiger partial charge in [0.15, 0.2) is 0 Å². The topological polar surface area (TPSA) is 113 Å². The number of benzene rings is 2. The molecule has 0 unspecified atom stereocenters. The molecule has 3 rings (SSSR count). The van der Waals surface area contributed by atoms with Gasteiger partial charge >= 0.3 is 12.1 Å². The summed E-state index contributed by atoms with van der Waals surface area (Å²) >= 11 is 0. The highest BCUT2D eigenvalue weighted by Gasteiger charge is 2.43. The molecule has 0 bridgehead atoms. The van der Waals surface area contributed by atoms with Crippen molar-refractivity contribution in [1.82, 2.24) is 9.97 Å². The molecule has 2 aromatic carbocycles. The number of anilines is 1. The monoisotopic (exact) mass is 474 g/mol. The minimum Gasteiger partial charge on any atom is -0.465 e. The molecule has 3 aromatic rings. The van der Waals surface area contributed by atoms with E-state index in [2.05, 4.69) is 9.97 Å². The third-order valence-corrected chi connectivity index (χ3v) is 4.93. The van der Waals surface area contributed by atoms with Crippen LogP contribution in [0.3, 0.4) is 0 Å². The average molecular weight is 474 g/mol. The standard InChI is InChI=1S/C24H25F3N4O3/c1-3-33-22(32)18(28)12-15-6-10-16(11-7-15)19-13-20(31-23(29)30-19)34-21(24(25,26)27)17-8-4-14(2)5-9-17/h4-11,13,18,21H,3,12,28H2,1-2H3,(H2,29,30,31)/t18-,21+/m0/s1. The number of ether oxygens (including phenoxy) is 2. The van der Waals surface area contributed by atoms with E-state index in [1.807, 2.05) is 0 Å². The molecule has 0 spiro atoms. The Bertz CT molecular complexity index is 1120. The fourth-order valence-corrected chi connectivity index (χ4v) is 3.24. The van der Waals surface area contributed by atoms with Crippen LogP contribution in [-0.2, 0) is 16.0 Å². The van der Waals surface area contributed by atoms with Crippen molar-refractivity contribution in [3.63, 3.8) is 0 Å². The Morgan fingerprint density at radius 1 is 1.06 bits per heavy atom. The Kier molecular flexibility index (Phi) is 7.72. The number of halogens is 3. The van der Waals surface area contributed by atoms with E-state index in [9.17, 15) is 18.0 Å². The summed E-state index contributed by atoms with van der Waals surface area (Å²) in [6, 6.07) is 13.2. The summed E-state index contributed by atoms with van der Waals surface area (Å²) in [6.45, 7) is 3.72. The molecule has 34 heavy (non-hydrogen) atoms. The van der Waals surface area contributed by atoms with Gasteiger partial charge in [0.25, 0.3) is 0 Å². The molecule has 4 N–H and O–H groups in total. The Labute approximate surface area is 194 Å². The molecule has 0 fully saturated rings. The van der Waals surface area contributed by atoms with Crippen LogP contribution in [0.15, 0.2) is 54.6 Å². The molecular formula is C24H25F3N4O3. The molecule has 0 aliphatic heterocycles. The number of nitrogens with two attached hydrogens (primary N) is 2. The zero-order chi connectivity index (χ0) is 24.9. The normalized spacial score (nSPS) is 13.2. The van der Waals surface area contributed by atoms with Gasteiger partial charge in [-0.15, -0.1) is 0 Å². The van der Waals surface area contributed by atoms with Crippen molar-refractivity contribution in [3.05, 3.63) is 71.3 Å². The molecule has 0 saturated heterocycles. The molecule has 180 valence electrons. The number of carbonyl (C=O) groups is 1. The van der Waals surface area contributed by atoms with E-state index in [1.54, 1.807) is 50.2 Å². The number of alkyl halides is 3. The number of hydrogen-bond acceptors (Lipinski definition) is 7. The fourth-order valence-electron chi connectivity index (χ4n) is 3.24. The van der Waals surface area contributed by atoms with Crippen LogP contribution in [0.1, 0.15) is 29.7 Å². The first kappa shape index (κ1) is 25.0. The Morgan fingerprint density at radius 2 is 1.71 bits per heavy atom. The Balaban J connectivity index is 1.82. The summed E-state index contributed by atoms with van der Waals surface area (Å²) in [5.74, 6) is -1.03. The van der Waals surface area contributed by atoms with E-state index < -0.39 is 24.3 Å². The Morgan fingerprint density at radius 3 is 2.29 bits per heavy atom. The van der Waals surface area contributed by atoms with Crippen LogP contribution in [0.25, 0.3) is 11.3 Å². The van der Waals surface area contributed by atoms with Crippen LogP contribution in [0.2, 0.25) is 0 Å². The predicted octanol–water partition coefficient (Wildman–Crippen LogP) is 4.15. The quantitative estimate of drug-likeness (QED) is 0.472. The highest BCUT2D eigenvalue weighted by Crippen LogP contribution is 2.37. The average Bonchev–Trinajstić information content (AvgIpc) is 2.78. The lowest BCUT2D eigenvalue weighted by molar-refractivity contribution is -0.198. The first-order valence-electron chi connectivity index (χ1n) is 10.5. The van der Waals surface area contributed by atoms with Gasteiger partial charge in [-0.2, -0.15) is 18.2 Å². The largest absolute Gasteiger partial charge is 0.465 e. The smallest absolute Gasteiger partial charge is 0.429 e. The van der Waals surface area contributed by atoms with Crippen LogP contribution in [0, 0.1) is 6.92 Å². The van der Waals surface area contributed by atoms with E-state index in [-0.39, 0.29) is 36.1 Å². The summed E-state index contributed by atoms with van der Waals surface area (Å²) < 4.78 is 51.3. The van der Waals surface area contributed by atoms with Crippen molar-refractivity contribution in [2.45, 2.75) is 38.6 Å². The number of esters is 1. The van der Waals surface area contributed by atoms with Crippen molar-refractivity contribution in [1.29, 1.82) is 0 Å². The van der Waals surface area contributed by atoms with Crippen LogP contribution in [0.5, 0.6) is 5.88 Å². The van der Waals surface area contributed by atoms with Crippen molar-refractivity contribution in [3.8, 4) is 17.1 Å². The maximum absolute atomic E-state index is 13.7. The zero-order valence-electron chi connectivity index (χ0n) is 18.7. The minimum absolute atomic E-state index is 0.0564. The number of aryl methyl sites for hydroxylation is 1. The lowest BCUT2D eigenvalue weighted by atomic mass is 10.0. The molecule has 0 saturated carbocycles. The molecule has 10 heteroatoms. The molecule has 1 aromatic heterocycles. The summed E-state index contributed by atoms with van der Waals surface area (Å²) in [6.07, 6.45) is -6.63. The van der Waals surface area contributed by atoms with Gasteiger partial charge in [-0.1, -0.05) is 54.1 Å². The van der Waals surface area contributed by atoms with Gasteiger partial charge in [-0.05, 0) is 25.8 Å². The summed E-state index contributed by atoms with van der Waals surface area (Å²) in [4.78, 5) is 19.7. The maximum atomic E-state index is 13.7. The van der Waals surface area contributed by atoms with Crippen LogP contribution in [0.4, 0.5) is 19.1 Å². The molecule has 2 atom stereocenters. The predicted molar refractivity (Wildman–Crippen MR) is 121 cm³/mol. The van der Waals surface area contributed by atoms with Crippen molar-refractivity contribution in [2.24, 2.45) is 5.73 Å². The zero-order valence-corrected chi connectivity index (χ0v) is 18.7. The number of carbonyl (C=O) groups excluding carboxylic acids is 1. The number of aromatic nitrogens is 2. The third-order valence-electron chi connectivity index (χ3n) is 4.93. The van der Waals surface area contributed by atoms with Crippen molar-refractivity contribution >= 4 is 11.9 Å². The lowest BCUT2D eigenvalue weighted by Crippen LogP contribution is -2.34. The van der Waals surface area contributed by atoms with E-state index in [0.717, 1.165) is 11.1 Å². The van der Waals surface area contributed by atoms with Crippen LogP contribution in [-0.4, -0.2) is 34.8 Å². The number of rotatable bonds is 8. The minimum atomic E-state index is -4.67. The van der Waals surface area contributed by atoms with Gasteiger partial charge in [0.1, 0.15) is 6.04 Å². The Hall–Kier alpha value is -3.66. The second kappa shape index (κ2) is 10.5. The van der Waals surface area contributed by atoms with Gasteiger partial charge in [0.05, 0.1) is 12.3 Å². The lowest BCUT2D eigenvalue weighted by Gasteiger charge is -2.22. The van der Waals surface area contributed by atoms with E-state index >= 15 is 0 Å². The number of nitrogen functional groups attached to an aromatic ring is 1. The molecule has 0 aliphatic rings. The van der Waals surface area contributed by atoms with Crippen molar-refractivity contribution in [2.75, 3.05) is 12.3 Å². The molecule has 7 nitrogen and oxygen atoms in total. The second-order valence-corrected chi connectivity index (χ2v) is 7.66. The highest BCUT2D eigenvalue weighted by molar-refractivity contribution is 5.76. The molecular weight excluding hydrogens is 449 g/mol. The summed E-state index contributed by atoms with van der Waals surface area (Å²) in [7, 11) is 0. The molecule has 0 aliphatic carbocycles. The molecule has 0 amide bonds. The second-order valence-electron chi connectivity index (χ2n) is 7.66. The summed E-state index contributed by atoms with van der Waals surface area (Å²) in [5, 5.41) is 0. The number of nitrogens with zero attached hydrogens (tertiary/aromatic N) is 2. The van der Waals surface area contributed by atoms with Gasteiger partial charge in [0.2, 0.25) is 17.9 Å². The number of hydrogen-bond donors (Lipinski definition) is 2. The van der Waals surface area contributed by atoms with Gasteiger partial charge < -0.3 is 20.9 Å².